The summed E-state index contributed by atoms with van der Waals surface area (Å²) in [7, 11) is 3.87. The van der Waals surface area contributed by atoms with Crippen molar-refractivity contribution in [1.82, 2.24) is 9.80 Å². The van der Waals surface area contributed by atoms with Crippen LogP contribution in [-0.4, -0.2) is 42.9 Å². The SMILES string of the molecule is CN(C)CCN1C(=O)c2oc3ccc(Cl)cc3c(=O)c2C1c1ccc(Cl)cc1. The van der Waals surface area contributed by atoms with Crippen LogP contribution in [0.4, 0.5) is 0 Å². The first-order chi connectivity index (χ1) is 13.4. The molecular formula is C21H18Cl2N2O3. The highest BCUT2D eigenvalue weighted by atomic mass is 35.5. The molecule has 4 rings (SSSR count). The quantitative estimate of drug-likeness (QED) is 0.639. The molecule has 144 valence electrons. The second-order valence-corrected chi connectivity index (χ2v) is 7.94. The first-order valence-corrected chi connectivity index (χ1v) is 9.60. The number of benzene rings is 2. The van der Waals surface area contributed by atoms with Gasteiger partial charge < -0.3 is 14.2 Å². The van der Waals surface area contributed by atoms with E-state index < -0.39 is 6.04 Å². The molecule has 1 aromatic heterocycles. The average Bonchev–Trinajstić information content (AvgIpc) is 2.94. The molecule has 0 spiro atoms. The molecule has 2 aromatic carbocycles. The van der Waals surface area contributed by atoms with Crippen LogP contribution >= 0.6 is 23.2 Å². The van der Waals surface area contributed by atoms with Crippen LogP contribution in [0.1, 0.15) is 27.7 Å². The summed E-state index contributed by atoms with van der Waals surface area (Å²) >= 11 is 12.1. The molecule has 1 aliphatic heterocycles. The third-order valence-electron chi connectivity index (χ3n) is 4.90. The van der Waals surface area contributed by atoms with E-state index in [0.29, 0.717) is 39.7 Å². The third kappa shape index (κ3) is 3.20. The molecule has 1 amide bonds. The van der Waals surface area contributed by atoms with Crippen LogP contribution < -0.4 is 5.43 Å². The number of carbonyl (C=O) groups excluding carboxylic acids is 1. The molecule has 0 radical (unpaired) electrons. The van der Waals surface area contributed by atoms with Crippen LogP contribution in [0.5, 0.6) is 0 Å². The van der Waals surface area contributed by atoms with Crippen molar-refractivity contribution < 1.29 is 9.21 Å². The smallest absolute Gasteiger partial charge is 0.290 e. The number of fused-ring (bicyclic) bond motifs is 2. The molecule has 1 unspecified atom stereocenters. The van der Waals surface area contributed by atoms with Crippen molar-refractivity contribution in [3.8, 4) is 0 Å². The Labute approximate surface area is 172 Å². The molecule has 5 nitrogen and oxygen atoms in total. The van der Waals surface area contributed by atoms with E-state index in [9.17, 15) is 9.59 Å². The van der Waals surface area contributed by atoms with Gasteiger partial charge in [-0.25, -0.2) is 0 Å². The van der Waals surface area contributed by atoms with Crippen LogP contribution in [0, 0.1) is 0 Å². The number of hydrogen-bond donors (Lipinski definition) is 0. The number of carbonyl (C=O) groups is 1. The van der Waals surface area contributed by atoms with E-state index in [2.05, 4.69) is 0 Å². The van der Waals surface area contributed by atoms with Crippen LogP contribution in [0.2, 0.25) is 10.0 Å². The first-order valence-electron chi connectivity index (χ1n) is 8.84. The summed E-state index contributed by atoms with van der Waals surface area (Å²) in [6, 6.07) is 11.5. The van der Waals surface area contributed by atoms with Gasteiger partial charge in [0.25, 0.3) is 5.91 Å². The van der Waals surface area contributed by atoms with Gasteiger partial charge in [0.15, 0.2) is 5.43 Å². The summed E-state index contributed by atoms with van der Waals surface area (Å²) in [6.45, 7) is 1.11. The van der Waals surface area contributed by atoms with Gasteiger partial charge in [0, 0.05) is 23.1 Å². The summed E-state index contributed by atoms with van der Waals surface area (Å²) in [6.07, 6.45) is 0. The molecule has 0 saturated carbocycles. The first kappa shape index (κ1) is 19.0. The Hall–Kier alpha value is -2.34. The van der Waals surface area contributed by atoms with Crippen molar-refractivity contribution in [2.45, 2.75) is 6.04 Å². The number of halogens is 2. The molecule has 0 N–H and O–H groups in total. The van der Waals surface area contributed by atoms with Gasteiger partial charge in [-0.2, -0.15) is 0 Å². The molecule has 3 aromatic rings. The minimum absolute atomic E-state index is 0.0959. The Morgan fingerprint density at radius 3 is 2.39 bits per heavy atom. The maximum absolute atomic E-state index is 13.3. The number of hydrogen-bond acceptors (Lipinski definition) is 4. The fourth-order valence-electron chi connectivity index (χ4n) is 3.52. The number of amides is 1. The molecule has 0 fully saturated rings. The van der Waals surface area contributed by atoms with E-state index in [1.807, 2.05) is 31.1 Å². The summed E-state index contributed by atoms with van der Waals surface area (Å²) in [5.41, 5.74) is 1.27. The van der Waals surface area contributed by atoms with Gasteiger partial charge in [0.1, 0.15) is 5.58 Å². The van der Waals surface area contributed by atoms with Crippen molar-refractivity contribution in [3.63, 3.8) is 0 Å². The molecule has 0 aliphatic carbocycles. The second kappa shape index (κ2) is 7.24. The van der Waals surface area contributed by atoms with Crippen LogP contribution in [0.15, 0.2) is 51.7 Å². The van der Waals surface area contributed by atoms with E-state index in [1.54, 1.807) is 35.2 Å². The van der Waals surface area contributed by atoms with Gasteiger partial charge in [0.2, 0.25) is 5.76 Å². The van der Waals surface area contributed by atoms with Crippen LogP contribution in [0.3, 0.4) is 0 Å². The Morgan fingerprint density at radius 1 is 1.04 bits per heavy atom. The average molecular weight is 417 g/mol. The van der Waals surface area contributed by atoms with Gasteiger partial charge in [-0.05, 0) is 50.0 Å². The van der Waals surface area contributed by atoms with Gasteiger partial charge in [-0.15, -0.1) is 0 Å². The Morgan fingerprint density at radius 2 is 1.71 bits per heavy atom. The maximum atomic E-state index is 13.3. The number of likely N-dealkylation sites (N-methyl/N-ethyl adjacent to an activating group) is 1. The van der Waals surface area contributed by atoms with Crippen molar-refractivity contribution in [2.75, 3.05) is 27.2 Å². The minimum Gasteiger partial charge on any atom is -0.450 e. The highest BCUT2D eigenvalue weighted by Crippen LogP contribution is 2.38. The Bertz CT molecular complexity index is 1120. The Balaban J connectivity index is 1.94. The number of rotatable bonds is 4. The Kier molecular flexibility index (Phi) is 4.91. The zero-order valence-electron chi connectivity index (χ0n) is 15.4. The number of nitrogens with zero attached hydrogens (tertiary/aromatic N) is 2. The summed E-state index contributed by atoms with van der Waals surface area (Å²) in [5.74, 6) is -0.190. The van der Waals surface area contributed by atoms with Gasteiger partial charge in [-0.3, -0.25) is 9.59 Å². The van der Waals surface area contributed by atoms with E-state index >= 15 is 0 Å². The highest BCUT2D eigenvalue weighted by Gasteiger charge is 2.42. The third-order valence-corrected chi connectivity index (χ3v) is 5.39. The van der Waals surface area contributed by atoms with E-state index in [4.69, 9.17) is 27.6 Å². The molecular weight excluding hydrogens is 399 g/mol. The van der Waals surface area contributed by atoms with E-state index in [1.165, 1.54) is 0 Å². The lowest BCUT2D eigenvalue weighted by molar-refractivity contribution is 0.0716. The second-order valence-electron chi connectivity index (χ2n) is 7.07. The zero-order chi connectivity index (χ0) is 20.0. The monoisotopic (exact) mass is 416 g/mol. The maximum Gasteiger partial charge on any atom is 0.290 e. The fourth-order valence-corrected chi connectivity index (χ4v) is 3.82. The van der Waals surface area contributed by atoms with Gasteiger partial charge in [0.05, 0.1) is 17.0 Å². The molecule has 28 heavy (non-hydrogen) atoms. The summed E-state index contributed by atoms with van der Waals surface area (Å²) in [5, 5.41) is 1.40. The predicted octanol–water partition coefficient (Wildman–Crippen LogP) is 4.21. The lowest BCUT2D eigenvalue weighted by Gasteiger charge is -2.26. The predicted molar refractivity (Wildman–Crippen MR) is 110 cm³/mol. The zero-order valence-corrected chi connectivity index (χ0v) is 16.9. The standard InChI is InChI=1S/C21H18Cl2N2O3/c1-24(2)9-10-25-18(12-3-5-13(22)6-4-12)17-19(26)15-11-14(23)7-8-16(15)28-20(17)21(25)27/h3-8,11,18H,9-10H2,1-2H3. The fraction of sp³-hybridized carbons (Fsp3) is 0.238. The van der Waals surface area contributed by atoms with Crippen LogP contribution in [0.25, 0.3) is 11.0 Å². The lowest BCUT2D eigenvalue weighted by Crippen LogP contribution is -2.35. The highest BCUT2D eigenvalue weighted by molar-refractivity contribution is 6.31. The van der Waals surface area contributed by atoms with Crippen molar-refractivity contribution in [2.24, 2.45) is 0 Å². The molecule has 1 aliphatic rings. The molecule has 7 heteroatoms. The minimum atomic E-state index is -0.528. The lowest BCUT2D eigenvalue weighted by atomic mass is 9.98. The summed E-state index contributed by atoms with van der Waals surface area (Å²) < 4.78 is 5.88. The van der Waals surface area contributed by atoms with Crippen molar-refractivity contribution in [3.05, 3.63) is 79.6 Å². The summed E-state index contributed by atoms with van der Waals surface area (Å²) in [4.78, 5) is 30.1. The van der Waals surface area contributed by atoms with Crippen molar-refractivity contribution >= 4 is 40.1 Å². The molecule has 2 heterocycles. The van der Waals surface area contributed by atoms with Crippen molar-refractivity contribution in [1.29, 1.82) is 0 Å². The molecule has 1 atom stereocenters. The topological polar surface area (TPSA) is 53.8 Å². The van der Waals surface area contributed by atoms with E-state index in [0.717, 1.165) is 5.56 Å². The normalized spacial score (nSPS) is 16.2. The largest absolute Gasteiger partial charge is 0.450 e. The van der Waals surface area contributed by atoms with E-state index in [-0.39, 0.29) is 17.1 Å². The van der Waals surface area contributed by atoms with Crippen LogP contribution in [-0.2, 0) is 0 Å². The van der Waals surface area contributed by atoms with Gasteiger partial charge >= 0.3 is 0 Å². The molecule has 0 saturated heterocycles. The molecule has 0 bridgehead atoms. The van der Waals surface area contributed by atoms with Gasteiger partial charge in [-0.1, -0.05) is 35.3 Å².